The zero-order chi connectivity index (χ0) is 12.6. The van der Waals surface area contributed by atoms with Crippen LogP contribution in [0.2, 0.25) is 0 Å². The number of aryl methyl sites for hydroxylation is 1. The van der Waals surface area contributed by atoms with E-state index in [4.69, 9.17) is 11.6 Å². The predicted molar refractivity (Wildman–Crippen MR) is 78.6 cm³/mol. The fraction of sp³-hybridized carbons (Fsp3) is 0.167. The minimum atomic E-state index is -0.453. The van der Waals surface area contributed by atoms with Gasteiger partial charge < -0.3 is 0 Å². The Bertz CT molecular complexity index is 553. The molecule has 0 spiro atoms. The van der Waals surface area contributed by atoms with Crippen LogP contribution in [0.1, 0.15) is 21.4 Å². The van der Waals surface area contributed by atoms with Crippen LogP contribution in [-0.2, 0) is 0 Å². The fourth-order valence-electron chi connectivity index (χ4n) is 1.58. The van der Waals surface area contributed by atoms with Crippen LogP contribution in [0.5, 0.6) is 0 Å². The topological polar surface area (TPSA) is 0 Å². The molecular formula is C12H8Br2ClFS. The molecule has 90 valence electrons. The smallest absolute Gasteiger partial charge is 0.129 e. The molecule has 0 aliphatic carbocycles. The molecule has 1 atom stereocenters. The van der Waals surface area contributed by atoms with Gasteiger partial charge in [-0.2, -0.15) is 0 Å². The standard InChI is InChI=1S/C12H8Br2ClFS/c1-6-9(5-11(14)17-6)12(15)8-3-2-7(13)4-10(8)16/h2-5,12H,1H3. The Morgan fingerprint density at radius 3 is 2.47 bits per heavy atom. The summed E-state index contributed by atoms with van der Waals surface area (Å²) in [6.07, 6.45) is 0. The number of thiophene rings is 1. The third-order valence-electron chi connectivity index (χ3n) is 2.43. The minimum absolute atomic E-state index is 0.291. The van der Waals surface area contributed by atoms with E-state index in [0.29, 0.717) is 10.0 Å². The SMILES string of the molecule is Cc1sc(Br)cc1C(Cl)c1ccc(Br)cc1F. The van der Waals surface area contributed by atoms with Crippen molar-refractivity contribution in [1.82, 2.24) is 0 Å². The van der Waals surface area contributed by atoms with Crippen LogP contribution in [0.15, 0.2) is 32.5 Å². The van der Waals surface area contributed by atoms with E-state index in [1.54, 1.807) is 23.5 Å². The van der Waals surface area contributed by atoms with Crippen LogP contribution >= 0.6 is 54.8 Å². The van der Waals surface area contributed by atoms with Crippen LogP contribution in [-0.4, -0.2) is 0 Å². The molecule has 1 heterocycles. The van der Waals surface area contributed by atoms with Gasteiger partial charge in [-0.15, -0.1) is 22.9 Å². The van der Waals surface area contributed by atoms with Crippen molar-refractivity contribution in [3.63, 3.8) is 0 Å². The van der Waals surface area contributed by atoms with Gasteiger partial charge in [0.2, 0.25) is 0 Å². The third-order valence-corrected chi connectivity index (χ3v) is 4.97. The van der Waals surface area contributed by atoms with Gasteiger partial charge in [-0.1, -0.05) is 22.0 Å². The molecule has 2 aromatic rings. The van der Waals surface area contributed by atoms with E-state index < -0.39 is 5.38 Å². The molecule has 0 radical (unpaired) electrons. The number of hydrogen-bond acceptors (Lipinski definition) is 1. The summed E-state index contributed by atoms with van der Waals surface area (Å²) in [6.45, 7) is 1.98. The molecule has 1 unspecified atom stereocenters. The molecule has 0 bridgehead atoms. The lowest BCUT2D eigenvalue weighted by Crippen LogP contribution is -1.97. The first kappa shape index (κ1) is 13.5. The first-order chi connectivity index (χ1) is 7.99. The minimum Gasteiger partial charge on any atom is -0.207 e. The lowest BCUT2D eigenvalue weighted by molar-refractivity contribution is 0.611. The van der Waals surface area contributed by atoms with Crippen molar-refractivity contribution in [3.05, 3.63) is 54.3 Å². The van der Waals surface area contributed by atoms with Crippen LogP contribution in [0, 0.1) is 12.7 Å². The number of benzene rings is 1. The van der Waals surface area contributed by atoms with Gasteiger partial charge >= 0.3 is 0 Å². The van der Waals surface area contributed by atoms with Gasteiger partial charge in [0, 0.05) is 14.9 Å². The molecule has 2 rings (SSSR count). The van der Waals surface area contributed by atoms with E-state index in [1.165, 1.54) is 6.07 Å². The van der Waals surface area contributed by atoms with Gasteiger partial charge in [0.1, 0.15) is 5.82 Å². The number of hydrogen-bond donors (Lipinski definition) is 0. The monoisotopic (exact) mass is 396 g/mol. The Hall–Kier alpha value is 0.1000. The summed E-state index contributed by atoms with van der Waals surface area (Å²) in [5.41, 5.74) is 1.45. The number of rotatable bonds is 2. The summed E-state index contributed by atoms with van der Waals surface area (Å²) in [5, 5.41) is -0.453. The van der Waals surface area contributed by atoms with Crippen molar-refractivity contribution in [3.8, 4) is 0 Å². The maximum absolute atomic E-state index is 13.8. The Morgan fingerprint density at radius 2 is 1.94 bits per heavy atom. The zero-order valence-corrected chi connectivity index (χ0v) is 13.6. The van der Waals surface area contributed by atoms with E-state index in [0.717, 1.165) is 14.2 Å². The highest BCUT2D eigenvalue weighted by Gasteiger charge is 2.19. The quantitative estimate of drug-likeness (QED) is 0.540. The fourth-order valence-corrected chi connectivity index (χ4v) is 4.13. The molecule has 0 saturated carbocycles. The molecule has 1 aromatic heterocycles. The summed E-state index contributed by atoms with van der Waals surface area (Å²) in [7, 11) is 0. The average molecular weight is 399 g/mol. The molecule has 17 heavy (non-hydrogen) atoms. The summed E-state index contributed by atoms with van der Waals surface area (Å²) in [4.78, 5) is 1.10. The largest absolute Gasteiger partial charge is 0.207 e. The second-order valence-electron chi connectivity index (χ2n) is 3.59. The van der Waals surface area contributed by atoms with Crippen LogP contribution < -0.4 is 0 Å². The second kappa shape index (κ2) is 5.39. The highest BCUT2D eigenvalue weighted by atomic mass is 79.9. The van der Waals surface area contributed by atoms with E-state index in [9.17, 15) is 4.39 Å². The van der Waals surface area contributed by atoms with Crippen LogP contribution in [0.25, 0.3) is 0 Å². The Kier molecular flexibility index (Phi) is 4.29. The Balaban J connectivity index is 2.43. The van der Waals surface area contributed by atoms with Crippen molar-refractivity contribution in [2.24, 2.45) is 0 Å². The van der Waals surface area contributed by atoms with E-state index in [-0.39, 0.29) is 5.82 Å². The molecular weight excluding hydrogens is 390 g/mol. The van der Waals surface area contributed by atoms with Crippen LogP contribution in [0.4, 0.5) is 4.39 Å². The summed E-state index contributed by atoms with van der Waals surface area (Å²) in [6, 6.07) is 6.88. The first-order valence-electron chi connectivity index (χ1n) is 4.84. The highest BCUT2D eigenvalue weighted by Crippen LogP contribution is 2.38. The number of halogens is 4. The maximum atomic E-state index is 13.8. The average Bonchev–Trinajstić information content (AvgIpc) is 2.57. The van der Waals surface area contributed by atoms with Gasteiger partial charge in [-0.25, -0.2) is 4.39 Å². The van der Waals surface area contributed by atoms with Gasteiger partial charge in [0.25, 0.3) is 0 Å². The third kappa shape index (κ3) is 2.92. The number of alkyl halides is 1. The highest BCUT2D eigenvalue weighted by molar-refractivity contribution is 9.11. The summed E-state index contributed by atoms with van der Waals surface area (Å²) < 4.78 is 15.5. The molecule has 0 amide bonds. The van der Waals surface area contributed by atoms with Crippen molar-refractivity contribution >= 4 is 54.8 Å². The van der Waals surface area contributed by atoms with Gasteiger partial charge in [0.05, 0.1) is 9.16 Å². The van der Waals surface area contributed by atoms with Crippen molar-refractivity contribution in [2.45, 2.75) is 12.3 Å². The molecule has 0 aliphatic rings. The van der Waals surface area contributed by atoms with E-state index in [1.807, 2.05) is 13.0 Å². The first-order valence-corrected chi connectivity index (χ1v) is 7.68. The molecule has 0 fully saturated rings. The molecule has 0 nitrogen and oxygen atoms in total. The zero-order valence-electron chi connectivity index (χ0n) is 8.81. The molecule has 1 aromatic carbocycles. The second-order valence-corrected chi connectivity index (χ2v) is 7.58. The van der Waals surface area contributed by atoms with Gasteiger partial charge in [-0.05, 0) is 46.6 Å². The van der Waals surface area contributed by atoms with Crippen LogP contribution in [0.3, 0.4) is 0 Å². The van der Waals surface area contributed by atoms with Gasteiger partial charge in [-0.3, -0.25) is 0 Å². The summed E-state index contributed by atoms with van der Waals surface area (Å²) >= 11 is 14.6. The molecule has 5 heteroatoms. The maximum Gasteiger partial charge on any atom is 0.129 e. The normalized spacial score (nSPS) is 12.8. The lowest BCUT2D eigenvalue weighted by Gasteiger charge is -2.11. The Morgan fingerprint density at radius 1 is 1.24 bits per heavy atom. The van der Waals surface area contributed by atoms with Crippen molar-refractivity contribution in [2.75, 3.05) is 0 Å². The Labute approximate surface area is 125 Å². The van der Waals surface area contributed by atoms with Crippen molar-refractivity contribution in [1.29, 1.82) is 0 Å². The van der Waals surface area contributed by atoms with E-state index in [2.05, 4.69) is 31.9 Å². The molecule has 0 aliphatic heterocycles. The van der Waals surface area contributed by atoms with Gasteiger partial charge in [0.15, 0.2) is 0 Å². The predicted octanol–water partition coefficient (Wildman–Crippen LogP) is 6.05. The van der Waals surface area contributed by atoms with E-state index >= 15 is 0 Å². The molecule has 0 N–H and O–H groups in total. The van der Waals surface area contributed by atoms with Crippen molar-refractivity contribution < 1.29 is 4.39 Å². The summed E-state index contributed by atoms with van der Waals surface area (Å²) in [5.74, 6) is -0.291. The lowest BCUT2D eigenvalue weighted by atomic mass is 10.1. The molecule has 0 saturated heterocycles.